The van der Waals surface area contributed by atoms with Gasteiger partial charge in [-0.3, -0.25) is 0 Å². The Balaban J connectivity index is 2.28. The van der Waals surface area contributed by atoms with Crippen molar-refractivity contribution in [3.63, 3.8) is 0 Å². The molecule has 0 atom stereocenters. The van der Waals surface area contributed by atoms with Gasteiger partial charge in [0.15, 0.2) is 0 Å². The van der Waals surface area contributed by atoms with Crippen LogP contribution in [0, 0.1) is 5.82 Å². The molecule has 0 aliphatic rings. The van der Waals surface area contributed by atoms with E-state index in [9.17, 15) is 4.39 Å². The molecule has 0 fully saturated rings. The molecule has 2 rings (SSSR count). The molecular weight excluding hydrogens is 353 g/mol. The molecule has 0 unspecified atom stereocenters. The van der Waals surface area contributed by atoms with Crippen molar-refractivity contribution in [2.75, 3.05) is 5.73 Å². The van der Waals surface area contributed by atoms with Gasteiger partial charge in [0.05, 0.1) is 8.95 Å². The Kier molecular flexibility index (Phi) is 3.69. The van der Waals surface area contributed by atoms with Crippen LogP contribution in [0.3, 0.4) is 0 Å². The van der Waals surface area contributed by atoms with Gasteiger partial charge in [0, 0.05) is 5.69 Å². The smallest absolute Gasteiger partial charge is 0.141 e. The largest absolute Gasteiger partial charge is 0.456 e. The molecule has 0 spiro atoms. The van der Waals surface area contributed by atoms with Crippen LogP contribution in [0.25, 0.3) is 0 Å². The molecule has 0 amide bonds. The molecule has 2 N–H and O–H groups in total. The number of nitrogen functional groups attached to an aromatic ring is 1. The first kappa shape index (κ1) is 12.4. The van der Waals surface area contributed by atoms with E-state index >= 15 is 0 Å². The van der Waals surface area contributed by atoms with Crippen LogP contribution in [0.4, 0.5) is 10.1 Å². The Bertz CT molecular complexity index is 560. The number of rotatable bonds is 2. The standard InChI is InChI=1S/C12H8Br2FNO/c13-9-6-8(2-3-11(9)15)17-12-4-1-7(16)5-10(12)14/h1-6H,16H2. The normalized spacial score (nSPS) is 10.3. The summed E-state index contributed by atoms with van der Waals surface area (Å²) in [6.07, 6.45) is 0. The van der Waals surface area contributed by atoms with Gasteiger partial charge in [0.2, 0.25) is 0 Å². The van der Waals surface area contributed by atoms with E-state index in [1.165, 1.54) is 6.07 Å². The van der Waals surface area contributed by atoms with Gasteiger partial charge >= 0.3 is 0 Å². The fourth-order valence-electron chi connectivity index (χ4n) is 1.27. The van der Waals surface area contributed by atoms with Crippen LogP contribution in [0.1, 0.15) is 0 Å². The zero-order chi connectivity index (χ0) is 12.4. The summed E-state index contributed by atoms with van der Waals surface area (Å²) in [6, 6.07) is 9.69. The molecule has 2 aromatic carbocycles. The summed E-state index contributed by atoms with van der Waals surface area (Å²) in [7, 11) is 0. The highest BCUT2D eigenvalue weighted by molar-refractivity contribution is 9.10. The number of ether oxygens (including phenoxy) is 1. The molecule has 0 aromatic heterocycles. The van der Waals surface area contributed by atoms with E-state index in [-0.39, 0.29) is 5.82 Å². The van der Waals surface area contributed by atoms with E-state index in [1.54, 1.807) is 30.3 Å². The Morgan fingerprint density at radius 3 is 2.41 bits per heavy atom. The fourth-order valence-corrected chi connectivity index (χ4v) is 2.10. The second-order valence-corrected chi connectivity index (χ2v) is 5.08. The lowest BCUT2D eigenvalue weighted by atomic mass is 10.3. The van der Waals surface area contributed by atoms with Crippen molar-refractivity contribution in [1.29, 1.82) is 0 Å². The van der Waals surface area contributed by atoms with E-state index in [0.717, 1.165) is 4.47 Å². The topological polar surface area (TPSA) is 35.2 Å². The van der Waals surface area contributed by atoms with Crippen LogP contribution in [0.2, 0.25) is 0 Å². The van der Waals surface area contributed by atoms with E-state index in [1.807, 2.05) is 0 Å². The maximum atomic E-state index is 13.0. The first-order valence-electron chi connectivity index (χ1n) is 4.74. The monoisotopic (exact) mass is 359 g/mol. The zero-order valence-corrected chi connectivity index (χ0v) is 11.8. The Morgan fingerprint density at radius 1 is 1.00 bits per heavy atom. The molecule has 17 heavy (non-hydrogen) atoms. The van der Waals surface area contributed by atoms with Crippen LogP contribution in [-0.4, -0.2) is 0 Å². The number of anilines is 1. The highest BCUT2D eigenvalue weighted by Gasteiger charge is 2.05. The summed E-state index contributed by atoms with van der Waals surface area (Å²) in [5.41, 5.74) is 6.27. The number of benzene rings is 2. The van der Waals surface area contributed by atoms with Gasteiger partial charge in [-0.1, -0.05) is 0 Å². The summed E-state index contributed by atoms with van der Waals surface area (Å²) < 4.78 is 19.8. The first-order valence-corrected chi connectivity index (χ1v) is 6.33. The molecule has 0 aliphatic carbocycles. The van der Waals surface area contributed by atoms with Crippen molar-refractivity contribution >= 4 is 37.5 Å². The summed E-state index contributed by atoms with van der Waals surface area (Å²) in [5, 5.41) is 0. The van der Waals surface area contributed by atoms with Crippen molar-refractivity contribution < 1.29 is 9.13 Å². The van der Waals surface area contributed by atoms with Gasteiger partial charge < -0.3 is 10.5 Å². The summed E-state index contributed by atoms with van der Waals surface area (Å²) in [6.45, 7) is 0. The lowest BCUT2D eigenvalue weighted by Gasteiger charge is -2.08. The third-order valence-electron chi connectivity index (χ3n) is 2.07. The third kappa shape index (κ3) is 2.98. The second-order valence-electron chi connectivity index (χ2n) is 3.37. The number of halogens is 3. The number of nitrogens with two attached hydrogens (primary N) is 1. The molecule has 0 aliphatic heterocycles. The van der Waals surface area contributed by atoms with Crippen molar-refractivity contribution in [2.24, 2.45) is 0 Å². The Labute approximate surface area is 115 Å². The average Bonchev–Trinajstić information content (AvgIpc) is 2.27. The quantitative estimate of drug-likeness (QED) is 0.786. The van der Waals surface area contributed by atoms with Crippen LogP contribution in [0.5, 0.6) is 11.5 Å². The fraction of sp³-hybridized carbons (Fsp3) is 0. The van der Waals surface area contributed by atoms with Crippen LogP contribution in [-0.2, 0) is 0 Å². The van der Waals surface area contributed by atoms with Crippen LogP contribution in [0.15, 0.2) is 45.3 Å². The molecule has 0 radical (unpaired) electrons. The van der Waals surface area contributed by atoms with Gasteiger partial charge in [-0.05, 0) is 68.3 Å². The minimum Gasteiger partial charge on any atom is -0.456 e. The predicted molar refractivity (Wildman–Crippen MR) is 72.7 cm³/mol. The molecule has 2 aromatic rings. The maximum Gasteiger partial charge on any atom is 0.141 e. The van der Waals surface area contributed by atoms with Crippen molar-refractivity contribution in [3.05, 3.63) is 51.2 Å². The number of hydrogen-bond acceptors (Lipinski definition) is 2. The minimum atomic E-state index is -0.325. The molecule has 0 saturated heterocycles. The molecule has 5 heteroatoms. The molecule has 88 valence electrons. The second kappa shape index (κ2) is 5.06. The van der Waals surface area contributed by atoms with Crippen molar-refractivity contribution in [3.8, 4) is 11.5 Å². The van der Waals surface area contributed by atoms with Crippen LogP contribution < -0.4 is 10.5 Å². The Morgan fingerprint density at radius 2 is 1.76 bits per heavy atom. The number of hydrogen-bond donors (Lipinski definition) is 1. The highest BCUT2D eigenvalue weighted by atomic mass is 79.9. The van der Waals surface area contributed by atoms with E-state index in [0.29, 0.717) is 21.7 Å². The molecule has 0 bridgehead atoms. The lowest BCUT2D eigenvalue weighted by molar-refractivity contribution is 0.477. The van der Waals surface area contributed by atoms with Gasteiger partial charge in [-0.2, -0.15) is 0 Å². The third-order valence-corrected chi connectivity index (χ3v) is 3.30. The van der Waals surface area contributed by atoms with E-state index in [2.05, 4.69) is 31.9 Å². The summed E-state index contributed by atoms with van der Waals surface area (Å²) >= 11 is 6.45. The van der Waals surface area contributed by atoms with Crippen molar-refractivity contribution in [1.82, 2.24) is 0 Å². The SMILES string of the molecule is Nc1ccc(Oc2ccc(F)c(Br)c2)c(Br)c1. The molecule has 0 heterocycles. The molecule has 2 nitrogen and oxygen atoms in total. The summed E-state index contributed by atoms with van der Waals surface area (Å²) in [5.74, 6) is 0.843. The van der Waals surface area contributed by atoms with Gasteiger partial charge in [-0.15, -0.1) is 0 Å². The van der Waals surface area contributed by atoms with Gasteiger partial charge in [0.25, 0.3) is 0 Å². The lowest BCUT2D eigenvalue weighted by Crippen LogP contribution is -1.89. The van der Waals surface area contributed by atoms with Gasteiger partial charge in [-0.25, -0.2) is 4.39 Å². The molecule has 0 saturated carbocycles. The average molecular weight is 361 g/mol. The Hall–Kier alpha value is -1.07. The minimum absolute atomic E-state index is 0.325. The predicted octanol–water partition coefficient (Wildman–Crippen LogP) is 4.73. The van der Waals surface area contributed by atoms with Crippen molar-refractivity contribution in [2.45, 2.75) is 0 Å². The van der Waals surface area contributed by atoms with Gasteiger partial charge in [0.1, 0.15) is 17.3 Å². The van der Waals surface area contributed by atoms with E-state index < -0.39 is 0 Å². The first-order chi connectivity index (χ1) is 8.06. The zero-order valence-electron chi connectivity index (χ0n) is 8.58. The summed E-state index contributed by atoms with van der Waals surface area (Å²) in [4.78, 5) is 0. The van der Waals surface area contributed by atoms with E-state index in [4.69, 9.17) is 10.5 Å². The highest BCUT2D eigenvalue weighted by Crippen LogP contribution is 2.32. The maximum absolute atomic E-state index is 13.0. The molecular formula is C12H8Br2FNO. The van der Waals surface area contributed by atoms with Crippen LogP contribution >= 0.6 is 31.9 Å².